The Bertz CT molecular complexity index is 141. The van der Waals surface area contributed by atoms with Crippen molar-refractivity contribution in [3.63, 3.8) is 0 Å². The van der Waals surface area contributed by atoms with Crippen molar-refractivity contribution in [2.45, 2.75) is 26.6 Å². The molecule has 0 unspecified atom stereocenters. The van der Waals surface area contributed by atoms with Crippen LogP contribution in [0.5, 0.6) is 0 Å². The molecule has 0 N–H and O–H groups in total. The van der Waals surface area contributed by atoms with Crippen molar-refractivity contribution in [2.24, 2.45) is 0 Å². The molecule has 1 aliphatic carbocycles. The molecule has 0 heterocycles. The Balaban J connectivity index is 0. The van der Waals surface area contributed by atoms with Gasteiger partial charge in [-0.05, 0) is 13.3 Å². The van der Waals surface area contributed by atoms with Crippen LogP contribution in [0.15, 0.2) is 23.8 Å². The van der Waals surface area contributed by atoms with Gasteiger partial charge in [-0.25, -0.2) is 0 Å². The fourth-order valence-corrected chi connectivity index (χ4v) is 0.690. The van der Waals surface area contributed by atoms with Crippen LogP contribution in [-0.4, -0.2) is 22.0 Å². The molecule has 0 aliphatic heterocycles. The van der Waals surface area contributed by atoms with Gasteiger partial charge in [-0.2, -0.15) is 0 Å². The summed E-state index contributed by atoms with van der Waals surface area (Å²) in [4.78, 5) is 0. The van der Waals surface area contributed by atoms with Crippen LogP contribution in [0.3, 0.4) is 0 Å². The average molecular weight is 201 g/mol. The van der Waals surface area contributed by atoms with Gasteiger partial charge in [-0.1, -0.05) is 37.0 Å². The normalized spacial score (nSPS) is 12.0. The topological polar surface area (TPSA) is 0 Å². The predicted molar refractivity (Wildman–Crippen MR) is 55.3 cm³/mol. The Labute approximate surface area is 89.3 Å². The first-order chi connectivity index (χ1) is 5.31. The van der Waals surface area contributed by atoms with Gasteiger partial charge in [0.05, 0.1) is 7.17 Å². The van der Waals surface area contributed by atoms with Gasteiger partial charge >= 0.3 is 0 Å². The van der Waals surface area contributed by atoms with Crippen LogP contribution in [0.2, 0.25) is 6.32 Å². The largest absolute Gasteiger partial charge is 0.0923 e. The van der Waals surface area contributed by atoms with Crippen molar-refractivity contribution in [1.82, 2.24) is 0 Å². The molecule has 0 aromatic carbocycles. The van der Waals surface area contributed by atoms with E-state index in [1.54, 1.807) is 7.06 Å². The molecule has 0 saturated heterocycles. The van der Waals surface area contributed by atoms with Crippen LogP contribution in [0, 0.1) is 0 Å². The first-order valence-electron chi connectivity index (χ1n) is 4.00. The van der Waals surface area contributed by atoms with E-state index in [1.807, 2.05) is 14.1 Å². The Hall–Kier alpha value is 0.181. The van der Waals surface area contributed by atoms with E-state index in [1.165, 1.54) is 12.0 Å². The van der Waals surface area contributed by atoms with Crippen molar-refractivity contribution in [3.05, 3.63) is 23.8 Å². The molecule has 4 heteroatoms. The van der Waals surface area contributed by atoms with Crippen molar-refractivity contribution >= 4 is 22.0 Å². The molecular weight excluding hydrogens is 187 g/mol. The SMILES string of the molecule is CC1=CC=CC1.[B][B][B]CC.[Co]. The van der Waals surface area contributed by atoms with E-state index in [9.17, 15) is 0 Å². The Morgan fingerprint density at radius 2 is 2.25 bits per heavy atom. The molecule has 0 aromatic heterocycles. The summed E-state index contributed by atoms with van der Waals surface area (Å²) in [5, 5.41) is 0. The van der Waals surface area contributed by atoms with Gasteiger partial charge in [0.1, 0.15) is 0 Å². The Morgan fingerprint density at radius 3 is 2.33 bits per heavy atom. The monoisotopic (exact) mass is 201 g/mol. The first kappa shape index (κ1) is 14.7. The Kier molecular flexibility index (Phi) is 13.7. The molecule has 1 aliphatic rings. The molecule has 0 bridgehead atoms. The average Bonchev–Trinajstić information content (AvgIpc) is 2.43. The van der Waals surface area contributed by atoms with E-state index in [0.717, 1.165) is 6.32 Å². The minimum absolute atomic E-state index is 0. The van der Waals surface area contributed by atoms with E-state index >= 15 is 0 Å². The second-order valence-electron chi connectivity index (χ2n) is 2.48. The van der Waals surface area contributed by atoms with Gasteiger partial charge in [-0.3, -0.25) is 0 Å². The zero-order chi connectivity index (χ0) is 8.53. The van der Waals surface area contributed by atoms with Gasteiger partial charge < -0.3 is 0 Å². The summed E-state index contributed by atoms with van der Waals surface area (Å²) in [5.74, 6) is 0. The van der Waals surface area contributed by atoms with Crippen LogP contribution in [0.4, 0.5) is 0 Å². The van der Waals surface area contributed by atoms with Gasteiger partial charge in [0.15, 0.2) is 0 Å². The predicted octanol–water partition coefficient (Wildman–Crippen LogP) is 1.72. The van der Waals surface area contributed by atoms with Crippen molar-refractivity contribution in [3.8, 4) is 0 Å². The Morgan fingerprint density at radius 1 is 1.58 bits per heavy atom. The maximum Gasteiger partial charge on any atom is 0.0541 e. The van der Waals surface area contributed by atoms with E-state index in [2.05, 4.69) is 25.2 Å². The van der Waals surface area contributed by atoms with Gasteiger partial charge in [0.25, 0.3) is 0 Å². The summed E-state index contributed by atoms with van der Waals surface area (Å²) < 4.78 is 0. The smallest absolute Gasteiger partial charge is 0.0541 e. The molecule has 0 atom stereocenters. The third-order valence-corrected chi connectivity index (χ3v) is 1.33. The van der Waals surface area contributed by atoms with Gasteiger partial charge in [0.2, 0.25) is 0 Å². The maximum absolute atomic E-state index is 4.96. The number of rotatable bonds is 2. The number of hydrogen-bond donors (Lipinski definition) is 0. The summed E-state index contributed by atoms with van der Waals surface area (Å²) in [6, 6.07) is 0. The van der Waals surface area contributed by atoms with Gasteiger partial charge in [-0.15, -0.1) is 0 Å². The van der Waals surface area contributed by atoms with Crippen LogP contribution in [0.25, 0.3) is 0 Å². The minimum Gasteiger partial charge on any atom is -0.0923 e. The van der Waals surface area contributed by atoms with Crippen LogP contribution < -0.4 is 0 Å². The van der Waals surface area contributed by atoms with Crippen molar-refractivity contribution in [1.29, 1.82) is 0 Å². The summed E-state index contributed by atoms with van der Waals surface area (Å²) in [6.07, 6.45) is 8.60. The maximum atomic E-state index is 4.96. The fraction of sp³-hybridized carbons (Fsp3) is 0.500. The number of hydrogen-bond acceptors (Lipinski definition) is 0. The summed E-state index contributed by atoms with van der Waals surface area (Å²) in [7, 11) is 8.42. The van der Waals surface area contributed by atoms with E-state index < -0.39 is 0 Å². The standard InChI is InChI=1S/C6H8.C2H5B3.Co/c1-6-4-2-3-5-6;1-2-4-5-3;/h2-4H,5H2,1H3;2H2,1H3;. The second kappa shape index (κ2) is 11.2. The summed E-state index contributed by atoms with van der Waals surface area (Å²) in [6.45, 7) is 4.18. The van der Waals surface area contributed by atoms with E-state index in [4.69, 9.17) is 7.74 Å². The molecule has 5 radical (unpaired) electrons. The van der Waals surface area contributed by atoms with Crippen molar-refractivity contribution in [2.75, 3.05) is 0 Å². The molecule has 0 aromatic rings. The molecule has 63 valence electrons. The number of allylic oxidation sites excluding steroid dienone is 4. The van der Waals surface area contributed by atoms with E-state index in [-0.39, 0.29) is 16.8 Å². The fourth-order valence-electron chi connectivity index (χ4n) is 0.690. The minimum atomic E-state index is 0. The zero-order valence-electron chi connectivity index (χ0n) is 7.71. The molecule has 0 nitrogen and oxygen atoms in total. The van der Waals surface area contributed by atoms with Crippen LogP contribution in [-0.2, 0) is 16.8 Å². The summed E-state index contributed by atoms with van der Waals surface area (Å²) >= 11 is 0. The van der Waals surface area contributed by atoms with Crippen LogP contribution in [0.1, 0.15) is 20.3 Å². The second-order valence-corrected chi connectivity index (χ2v) is 2.48. The third kappa shape index (κ3) is 10.2. The van der Waals surface area contributed by atoms with Gasteiger partial charge in [0, 0.05) is 31.6 Å². The quantitative estimate of drug-likeness (QED) is 0.596. The van der Waals surface area contributed by atoms with Crippen LogP contribution >= 0.6 is 0 Å². The molecule has 0 fully saturated rings. The summed E-state index contributed by atoms with van der Waals surface area (Å²) in [5.41, 5.74) is 1.47. The van der Waals surface area contributed by atoms with Crippen molar-refractivity contribution < 1.29 is 16.8 Å². The molecule has 12 heavy (non-hydrogen) atoms. The third-order valence-electron chi connectivity index (χ3n) is 1.33. The molecular formula is C8H13B3Co. The first-order valence-corrected chi connectivity index (χ1v) is 4.00. The molecule has 0 amide bonds. The van der Waals surface area contributed by atoms with E-state index in [0.29, 0.717) is 0 Å². The molecule has 1 rings (SSSR count). The zero-order valence-corrected chi connectivity index (χ0v) is 8.75. The molecule has 0 spiro atoms. The molecule has 0 saturated carbocycles.